The van der Waals surface area contributed by atoms with Gasteiger partial charge in [-0.05, 0) is 18.6 Å². The monoisotopic (exact) mass is 400 g/mol. The van der Waals surface area contributed by atoms with Gasteiger partial charge in [0.1, 0.15) is 6.26 Å². The molecule has 6 heteroatoms. The van der Waals surface area contributed by atoms with E-state index in [9.17, 15) is 0 Å². The maximum absolute atomic E-state index is 5.49. The fourth-order valence-electron chi connectivity index (χ4n) is 1.74. The van der Waals surface area contributed by atoms with E-state index in [0.29, 0.717) is 12.4 Å². The van der Waals surface area contributed by atoms with Crippen molar-refractivity contribution in [1.82, 2.24) is 15.6 Å². The Bertz CT molecular complexity index is 554. The largest absolute Gasteiger partial charge is 0.444 e. The number of halogens is 1. The van der Waals surface area contributed by atoms with Crippen LogP contribution in [0.15, 0.2) is 46.0 Å². The molecule has 1 aromatic heterocycles. The summed E-state index contributed by atoms with van der Waals surface area (Å²) in [7, 11) is 1.75. The van der Waals surface area contributed by atoms with Crippen LogP contribution >= 0.6 is 24.0 Å². The second kappa shape index (κ2) is 9.38. The lowest BCUT2D eigenvalue weighted by atomic mass is 10.2. The predicted octanol–water partition coefficient (Wildman–Crippen LogP) is 3.03. The molecular weight excluding hydrogens is 379 g/mol. The van der Waals surface area contributed by atoms with Crippen LogP contribution in [0.25, 0.3) is 11.5 Å². The van der Waals surface area contributed by atoms with Crippen LogP contribution in [0, 0.1) is 0 Å². The quantitative estimate of drug-likeness (QED) is 0.460. The number of rotatable bonds is 5. The van der Waals surface area contributed by atoms with E-state index in [1.807, 2.05) is 30.3 Å². The highest BCUT2D eigenvalue weighted by atomic mass is 127. The fourth-order valence-corrected chi connectivity index (χ4v) is 1.74. The molecule has 0 spiro atoms. The highest BCUT2D eigenvalue weighted by Crippen LogP contribution is 2.17. The third-order valence-corrected chi connectivity index (χ3v) is 2.78. The molecule has 1 heterocycles. The van der Waals surface area contributed by atoms with Gasteiger partial charge < -0.3 is 15.1 Å². The van der Waals surface area contributed by atoms with Gasteiger partial charge in [0, 0.05) is 19.2 Å². The highest BCUT2D eigenvalue weighted by molar-refractivity contribution is 14.0. The Morgan fingerprint density at radius 2 is 2.00 bits per heavy atom. The Balaban J connectivity index is 0.00000220. The second-order valence-electron chi connectivity index (χ2n) is 4.36. The molecule has 0 aliphatic heterocycles. The third-order valence-electron chi connectivity index (χ3n) is 2.78. The summed E-state index contributed by atoms with van der Waals surface area (Å²) < 4.78 is 5.49. The lowest BCUT2D eigenvalue weighted by molar-refractivity contribution is 0.572. The van der Waals surface area contributed by atoms with Gasteiger partial charge in [0.25, 0.3) is 0 Å². The first-order chi connectivity index (χ1) is 9.83. The van der Waals surface area contributed by atoms with Gasteiger partial charge in [-0.25, -0.2) is 4.98 Å². The number of nitrogens with one attached hydrogen (secondary N) is 2. The van der Waals surface area contributed by atoms with Crippen LogP contribution in [0.1, 0.15) is 19.0 Å². The third kappa shape index (κ3) is 5.37. The summed E-state index contributed by atoms with van der Waals surface area (Å²) in [5.74, 6) is 1.41. The lowest BCUT2D eigenvalue weighted by Gasteiger charge is -2.09. The number of hydrogen-bond donors (Lipinski definition) is 2. The van der Waals surface area contributed by atoms with Gasteiger partial charge in [0.15, 0.2) is 5.96 Å². The van der Waals surface area contributed by atoms with Crippen molar-refractivity contribution in [3.8, 4) is 11.5 Å². The van der Waals surface area contributed by atoms with Gasteiger partial charge >= 0.3 is 0 Å². The molecule has 2 aromatic rings. The zero-order valence-corrected chi connectivity index (χ0v) is 14.6. The first kappa shape index (κ1) is 17.5. The number of nitrogens with zero attached hydrogens (tertiary/aromatic N) is 2. The fraction of sp³-hybridized carbons (Fsp3) is 0.333. The van der Waals surface area contributed by atoms with Gasteiger partial charge in [0.2, 0.25) is 5.89 Å². The minimum absolute atomic E-state index is 0. The van der Waals surface area contributed by atoms with Gasteiger partial charge in [0.05, 0.1) is 12.2 Å². The number of oxazole rings is 1. The number of aromatic nitrogens is 1. The van der Waals surface area contributed by atoms with Gasteiger partial charge in [-0.15, -0.1) is 24.0 Å². The van der Waals surface area contributed by atoms with Gasteiger partial charge in [-0.1, -0.05) is 25.1 Å². The van der Waals surface area contributed by atoms with Gasteiger partial charge in [-0.3, -0.25) is 4.99 Å². The van der Waals surface area contributed by atoms with E-state index in [4.69, 9.17) is 4.42 Å². The average molecular weight is 400 g/mol. The van der Waals surface area contributed by atoms with Crippen LogP contribution in [0.5, 0.6) is 0 Å². The molecule has 0 unspecified atom stereocenters. The molecule has 0 aliphatic carbocycles. The van der Waals surface area contributed by atoms with E-state index >= 15 is 0 Å². The van der Waals surface area contributed by atoms with Crippen molar-refractivity contribution in [2.75, 3.05) is 13.6 Å². The van der Waals surface area contributed by atoms with Crippen molar-refractivity contribution in [2.24, 2.45) is 4.99 Å². The standard InChI is InChI=1S/C15H20N4O.HI/c1-3-9-17-15(16-2)18-10-13-11-20-14(19-13)12-7-5-4-6-8-12;/h4-8,11H,3,9-10H2,1-2H3,(H2,16,17,18);1H. The zero-order chi connectivity index (χ0) is 14.2. The zero-order valence-electron chi connectivity index (χ0n) is 12.3. The molecule has 21 heavy (non-hydrogen) atoms. The van der Waals surface area contributed by atoms with Crippen LogP contribution in [0.2, 0.25) is 0 Å². The molecular formula is C15H21IN4O. The van der Waals surface area contributed by atoms with E-state index in [1.54, 1.807) is 13.3 Å². The topological polar surface area (TPSA) is 62.5 Å². The Kier molecular flexibility index (Phi) is 7.81. The first-order valence-electron chi connectivity index (χ1n) is 6.77. The van der Waals surface area contributed by atoms with Crippen LogP contribution in [-0.2, 0) is 6.54 Å². The van der Waals surface area contributed by atoms with E-state index in [2.05, 4.69) is 27.5 Å². The summed E-state index contributed by atoms with van der Waals surface area (Å²) in [5, 5.41) is 6.41. The van der Waals surface area contributed by atoms with E-state index in [1.165, 1.54) is 0 Å². The minimum Gasteiger partial charge on any atom is -0.444 e. The van der Waals surface area contributed by atoms with E-state index in [0.717, 1.165) is 30.2 Å². The van der Waals surface area contributed by atoms with Crippen molar-refractivity contribution in [2.45, 2.75) is 19.9 Å². The molecule has 0 saturated carbocycles. The molecule has 2 N–H and O–H groups in total. The second-order valence-corrected chi connectivity index (χ2v) is 4.36. The minimum atomic E-state index is 0. The summed E-state index contributed by atoms with van der Waals surface area (Å²) >= 11 is 0. The maximum atomic E-state index is 5.49. The molecule has 5 nitrogen and oxygen atoms in total. The predicted molar refractivity (Wildman–Crippen MR) is 95.8 cm³/mol. The summed E-state index contributed by atoms with van der Waals surface area (Å²) in [6.45, 7) is 3.59. The van der Waals surface area contributed by atoms with Crippen LogP contribution < -0.4 is 10.6 Å². The number of guanidine groups is 1. The average Bonchev–Trinajstić information content (AvgIpc) is 2.97. The summed E-state index contributed by atoms with van der Waals surface area (Å²) in [4.78, 5) is 8.60. The molecule has 114 valence electrons. The summed E-state index contributed by atoms with van der Waals surface area (Å²) in [6, 6.07) is 9.86. The molecule has 0 bridgehead atoms. The van der Waals surface area contributed by atoms with Gasteiger partial charge in [-0.2, -0.15) is 0 Å². The maximum Gasteiger partial charge on any atom is 0.226 e. The van der Waals surface area contributed by atoms with Crippen LogP contribution in [0.3, 0.4) is 0 Å². The Morgan fingerprint density at radius 1 is 1.24 bits per heavy atom. The van der Waals surface area contributed by atoms with E-state index in [-0.39, 0.29) is 24.0 Å². The SMILES string of the molecule is CCCNC(=NC)NCc1coc(-c2ccccc2)n1.I. The summed E-state index contributed by atoms with van der Waals surface area (Å²) in [5.41, 5.74) is 1.83. The Labute approximate surface area is 142 Å². The number of aliphatic imine (C=N–C) groups is 1. The molecule has 0 radical (unpaired) electrons. The molecule has 1 aromatic carbocycles. The number of benzene rings is 1. The smallest absolute Gasteiger partial charge is 0.226 e. The molecule has 0 aliphatic rings. The van der Waals surface area contributed by atoms with Crippen LogP contribution in [-0.4, -0.2) is 24.5 Å². The molecule has 0 atom stereocenters. The Morgan fingerprint density at radius 3 is 2.67 bits per heavy atom. The van der Waals surface area contributed by atoms with Crippen molar-refractivity contribution < 1.29 is 4.42 Å². The molecule has 2 rings (SSSR count). The number of hydrogen-bond acceptors (Lipinski definition) is 3. The Hall–Kier alpha value is -1.57. The van der Waals surface area contributed by atoms with Crippen molar-refractivity contribution in [1.29, 1.82) is 0 Å². The van der Waals surface area contributed by atoms with Crippen molar-refractivity contribution >= 4 is 29.9 Å². The summed E-state index contributed by atoms with van der Waals surface area (Å²) in [6.07, 6.45) is 2.73. The first-order valence-corrected chi connectivity index (χ1v) is 6.77. The lowest BCUT2D eigenvalue weighted by Crippen LogP contribution is -2.37. The van der Waals surface area contributed by atoms with Crippen molar-refractivity contribution in [3.63, 3.8) is 0 Å². The highest BCUT2D eigenvalue weighted by Gasteiger charge is 2.06. The van der Waals surface area contributed by atoms with Crippen molar-refractivity contribution in [3.05, 3.63) is 42.3 Å². The normalized spacial score (nSPS) is 10.9. The molecule has 0 amide bonds. The molecule has 0 fully saturated rings. The molecule has 0 saturated heterocycles. The van der Waals surface area contributed by atoms with E-state index < -0.39 is 0 Å². The van der Waals surface area contributed by atoms with Crippen LogP contribution in [0.4, 0.5) is 0 Å².